The van der Waals surface area contributed by atoms with E-state index in [-0.39, 0.29) is 11.7 Å². The lowest BCUT2D eigenvalue weighted by atomic mass is 10.2. The van der Waals surface area contributed by atoms with Gasteiger partial charge in [0.15, 0.2) is 0 Å². The molecule has 5 nitrogen and oxygen atoms in total. The second-order valence-electron chi connectivity index (χ2n) is 4.62. The normalized spacial score (nSPS) is 9.91. The van der Waals surface area contributed by atoms with Crippen molar-refractivity contribution in [3.63, 3.8) is 0 Å². The molecule has 0 radical (unpaired) electrons. The predicted octanol–water partition coefficient (Wildman–Crippen LogP) is 2.41. The van der Waals surface area contributed by atoms with Gasteiger partial charge in [-0.1, -0.05) is 30.3 Å². The zero-order valence-corrected chi connectivity index (χ0v) is 12.2. The zero-order valence-electron chi connectivity index (χ0n) is 12.2. The number of benzene rings is 2. The number of fused-ring (bicyclic) bond motifs is 1. The number of aliphatic hydroxyl groups is 1. The number of aromatic amines is 1. The van der Waals surface area contributed by atoms with E-state index in [2.05, 4.69) is 10.3 Å². The molecule has 0 bridgehead atoms. The minimum absolute atomic E-state index is 0.162. The highest BCUT2D eigenvalue weighted by Crippen LogP contribution is 2.20. The molecule has 5 heteroatoms. The van der Waals surface area contributed by atoms with E-state index in [4.69, 9.17) is 5.11 Å². The molecule has 0 spiro atoms. The van der Waals surface area contributed by atoms with E-state index in [1.807, 2.05) is 30.3 Å². The molecule has 0 aliphatic carbocycles. The molecule has 0 saturated carbocycles. The molecule has 1 aromatic heterocycles. The van der Waals surface area contributed by atoms with Gasteiger partial charge in [0.2, 0.25) is 0 Å². The van der Waals surface area contributed by atoms with Crippen molar-refractivity contribution in [2.75, 3.05) is 7.11 Å². The van der Waals surface area contributed by atoms with Crippen LogP contribution in [0.5, 0.6) is 5.75 Å². The number of phenolic OH excluding ortho intramolecular Hbond substituents is 1. The maximum absolute atomic E-state index is 12.1. The Bertz CT molecular complexity index is 751. The third-order valence-corrected chi connectivity index (χ3v) is 3.14. The standard InChI is InChI=1S/C16H14N2O2.CH4O/c19-13-6-7-14-12(8-13)9-15(18-14)16(20)17-10-11-4-2-1-3-5-11;1-2/h1-9,18-19H,10H2,(H,17,20);2H,1H3. The number of hydrogen-bond acceptors (Lipinski definition) is 3. The predicted molar refractivity (Wildman–Crippen MR) is 85.7 cm³/mol. The van der Waals surface area contributed by atoms with Crippen LogP contribution in [-0.2, 0) is 6.54 Å². The Hall–Kier alpha value is -2.79. The van der Waals surface area contributed by atoms with Gasteiger partial charge in [0.25, 0.3) is 5.91 Å². The molecule has 2 aromatic carbocycles. The number of rotatable bonds is 3. The smallest absolute Gasteiger partial charge is 0.267 e. The van der Waals surface area contributed by atoms with Gasteiger partial charge in [-0.15, -0.1) is 0 Å². The van der Waals surface area contributed by atoms with Crippen LogP contribution in [0.2, 0.25) is 0 Å². The quantitative estimate of drug-likeness (QED) is 0.599. The van der Waals surface area contributed by atoms with Crippen LogP contribution in [0.1, 0.15) is 16.1 Å². The van der Waals surface area contributed by atoms with E-state index in [9.17, 15) is 9.90 Å². The lowest BCUT2D eigenvalue weighted by Gasteiger charge is -2.03. The molecule has 4 N–H and O–H groups in total. The molecule has 1 heterocycles. The third kappa shape index (κ3) is 3.65. The summed E-state index contributed by atoms with van der Waals surface area (Å²) in [6.45, 7) is 0.486. The molecule has 3 rings (SSSR count). The highest BCUT2D eigenvalue weighted by atomic mass is 16.3. The summed E-state index contributed by atoms with van der Waals surface area (Å²) in [5.74, 6) is 0.0253. The molecular weight excluding hydrogens is 280 g/mol. The summed E-state index contributed by atoms with van der Waals surface area (Å²) in [5.41, 5.74) is 2.36. The first kappa shape index (κ1) is 15.6. The van der Waals surface area contributed by atoms with E-state index in [0.29, 0.717) is 12.2 Å². The van der Waals surface area contributed by atoms with Crippen LogP contribution in [0.15, 0.2) is 54.6 Å². The second kappa shape index (κ2) is 7.28. The fraction of sp³-hybridized carbons (Fsp3) is 0.118. The number of hydrogen-bond donors (Lipinski definition) is 4. The van der Waals surface area contributed by atoms with Crippen molar-refractivity contribution in [1.29, 1.82) is 0 Å². The number of carbonyl (C=O) groups excluding carboxylic acids is 1. The molecule has 3 aromatic rings. The van der Waals surface area contributed by atoms with Crippen LogP contribution in [-0.4, -0.2) is 28.2 Å². The third-order valence-electron chi connectivity index (χ3n) is 3.14. The maximum Gasteiger partial charge on any atom is 0.267 e. The monoisotopic (exact) mass is 298 g/mol. The minimum Gasteiger partial charge on any atom is -0.508 e. The number of aliphatic hydroxyl groups excluding tert-OH is 1. The van der Waals surface area contributed by atoms with Crippen LogP contribution < -0.4 is 5.32 Å². The van der Waals surface area contributed by atoms with Gasteiger partial charge < -0.3 is 20.5 Å². The average molecular weight is 298 g/mol. The maximum atomic E-state index is 12.1. The van der Waals surface area contributed by atoms with Crippen molar-refractivity contribution in [2.24, 2.45) is 0 Å². The molecule has 0 aliphatic heterocycles. The van der Waals surface area contributed by atoms with Crippen LogP contribution in [0.4, 0.5) is 0 Å². The van der Waals surface area contributed by atoms with Crippen molar-refractivity contribution in [2.45, 2.75) is 6.54 Å². The summed E-state index contributed by atoms with van der Waals surface area (Å²) in [5, 5.41) is 20.1. The summed E-state index contributed by atoms with van der Waals surface area (Å²) >= 11 is 0. The minimum atomic E-state index is -0.162. The van der Waals surface area contributed by atoms with Gasteiger partial charge in [0, 0.05) is 24.6 Å². The molecule has 22 heavy (non-hydrogen) atoms. The van der Waals surface area contributed by atoms with Gasteiger partial charge in [-0.05, 0) is 29.8 Å². The van der Waals surface area contributed by atoms with Crippen molar-refractivity contribution in [3.8, 4) is 5.75 Å². The Morgan fingerprint density at radius 2 is 1.82 bits per heavy atom. The topological polar surface area (TPSA) is 85.3 Å². The fourth-order valence-electron chi connectivity index (χ4n) is 2.12. The Labute approximate surface area is 128 Å². The molecule has 0 aliphatic rings. The van der Waals surface area contributed by atoms with E-state index in [1.54, 1.807) is 24.3 Å². The molecule has 114 valence electrons. The molecule has 0 saturated heterocycles. The molecular formula is C17H18N2O3. The van der Waals surface area contributed by atoms with Crippen molar-refractivity contribution < 1.29 is 15.0 Å². The molecule has 0 atom stereocenters. The first-order valence-electron chi connectivity index (χ1n) is 6.81. The van der Waals surface area contributed by atoms with E-state index in [1.165, 1.54) is 0 Å². The number of phenols is 1. The average Bonchev–Trinajstić information content (AvgIpc) is 2.98. The van der Waals surface area contributed by atoms with Gasteiger partial charge in [-0.25, -0.2) is 0 Å². The fourth-order valence-corrected chi connectivity index (χ4v) is 2.12. The van der Waals surface area contributed by atoms with E-state index < -0.39 is 0 Å². The summed E-state index contributed by atoms with van der Waals surface area (Å²) < 4.78 is 0. The number of carbonyl (C=O) groups is 1. The number of aromatic hydroxyl groups is 1. The summed E-state index contributed by atoms with van der Waals surface area (Å²) in [6, 6.07) is 16.4. The Morgan fingerprint density at radius 3 is 2.55 bits per heavy atom. The van der Waals surface area contributed by atoms with Crippen LogP contribution in [0, 0.1) is 0 Å². The molecule has 0 fully saturated rings. The SMILES string of the molecule is CO.O=C(NCc1ccccc1)c1cc2cc(O)ccc2[nH]1. The highest BCUT2D eigenvalue weighted by Gasteiger charge is 2.09. The van der Waals surface area contributed by atoms with Crippen LogP contribution >= 0.6 is 0 Å². The van der Waals surface area contributed by atoms with Gasteiger partial charge in [-0.3, -0.25) is 4.79 Å². The van der Waals surface area contributed by atoms with Gasteiger partial charge in [0.05, 0.1) is 0 Å². The Balaban J connectivity index is 0.000000847. The van der Waals surface area contributed by atoms with Crippen molar-refractivity contribution in [1.82, 2.24) is 10.3 Å². The van der Waals surface area contributed by atoms with Gasteiger partial charge >= 0.3 is 0 Å². The van der Waals surface area contributed by atoms with E-state index in [0.717, 1.165) is 23.6 Å². The first-order valence-corrected chi connectivity index (χ1v) is 6.81. The van der Waals surface area contributed by atoms with E-state index >= 15 is 0 Å². The number of nitrogens with one attached hydrogen (secondary N) is 2. The van der Waals surface area contributed by atoms with Crippen molar-refractivity contribution >= 4 is 16.8 Å². The number of aromatic nitrogens is 1. The first-order chi connectivity index (χ1) is 10.7. The summed E-state index contributed by atoms with van der Waals surface area (Å²) in [4.78, 5) is 15.1. The summed E-state index contributed by atoms with van der Waals surface area (Å²) in [6.07, 6.45) is 0. The zero-order chi connectivity index (χ0) is 15.9. The highest BCUT2D eigenvalue weighted by molar-refractivity contribution is 5.98. The lowest BCUT2D eigenvalue weighted by molar-refractivity contribution is 0.0946. The van der Waals surface area contributed by atoms with Crippen LogP contribution in [0.25, 0.3) is 10.9 Å². The number of amides is 1. The van der Waals surface area contributed by atoms with Gasteiger partial charge in [-0.2, -0.15) is 0 Å². The second-order valence-corrected chi connectivity index (χ2v) is 4.62. The Morgan fingerprint density at radius 1 is 1.09 bits per heavy atom. The molecule has 0 unspecified atom stereocenters. The molecule has 1 amide bonds. The summed E-state index contributed by atoms with van der Waals surface area (Å²) in [7, 11) is 1.00. The van der Waals surface area contributed by atoms with Crippen molar-refractivity contribution in [3.05, 3.63) is 65.9 Å². The van der Waals surface area contributed by atoms with Crippen LogP contribution in [0.3, 0.4) is 0 Å². The largest absolute Gasteiger partial charge is 0.508 e. The number of H-pyrrole nitrogens is 1. The Kier molecular flexibility index (Phi) is 5.16. The van der Waals surface area contributed by atoms with Gasteiger partial charge in [0.1, 0.15) is 11.4 Å². The lowest BCUT2D eigenvalue weighted by Crippen LogP contribution is -2.22.